The highest BCUT2D eigenvalue weighted by molar-refractivity contribution is 5.98. The summed E-state index contributed by atoms with van der Waals surface area (Å²) in [5, 5.41) is 3.56. The van der Waals surface area contributed by atoms with Crippen molar-refractivity contribution in [2.45, 2.75) is 57.5 Å². The first kappa shape index (κ1) is 24.3. The summed E-state index contributed by atoms with van der Waals surface area (Å²) in [5.74, 6) is 0.495. The normalized spacial score (nSPS) is 22.7. The van der Waals surface area contributed by atoms with E-state index in [2.05, 4.69) is 52.7 Å². The maximum atomic E-state index is 13.7. The fourth-order valence-corrected chi connectivity index (χ4v) is 5.42. The zero-order chi connectivity index (χ0) is 24.1. The molecule has 1 aliphatic carbocycles. The first-order valence-electron chi connectivity index (χ1n) is 12.6. The van der Waals surface area contributed by atoms with Crippen LogP contribution in [-0.2, 0) is 22.6 Å². The minimum Gasteiger partial charge on any atom is -0.378 e. The van der Waals surface area contributed by atoms with Crippen LogP contribution in [0.5, 0.6) is 0 Å². The SMILES string of the molecule is CN(C)c1ccc(CN2C(=O)C(NCC[C@H]3CCC[C@H](C(N)=O)C3)CCc3ccccc32)cc1. The first-order valence-corrected chi connectivity index (χ1v) is 12.6. The lowest BCUT2D eigenvalue weighted by Gasteiger charge is -2.29. The number of rotatable bonds is 8. The summed E-state index contributed by atoms with van der Waals surface area (Å²) in [6, 6.07) is 16.5. The summed E-state index contributed by atoms with van der Waals surface area (Å²) >= 11 is 0. The monoisotopic (exact) mass is 462 g/mol. The molecule has 1 unspecified atom stereocenters. The molecule has 3 N–H and O–H groups in total. The molecule has 2 aromatic carbocycles. The van der Waals surface area contributed by atoms with E-state index < -0.39 is 0 Å². The molecule has 2 aliphatic rings. The van der Waals surface area contributed by atoms with Crippen molar-refractivity contribution < 1.29 is 9.59 Å². The molecule has 1 heterocycles. The highest BCUT2D eigenvalue weighted by Gasteiger charge is 2.31. The molecule has 0 aromatic heterocycles. The Morgan fingerprint density at radius 2 is 1.85 bits per heavy atom. The van der Waals surface area contributed by atoms with Crippen molar-refractivity contribution in [2.24, 2.45) is 17.6 Å². The molecule has 0 bridgehead atoms. The molecule has 0 radical (unpaired) electrons. The van der Waals surface area contributed by atoms with Crippen molar-refractivity contribution in [3.8, 4) is 0 Å². The Hall–Kier alpha value is -2.86. The van der Waals surface area contributed by atoms with Gasteiger partial charge in [-0.05, 0) is 73.9 Å². The van der Waals surface area contributed by atoms with Gasteiger partial charge in [0.15, 0.2) is 0 Å². The molecule has 0 saturated heterocycles. The van der Waals surface area contributed by atoms with Gasteiger partial charge in [-0.25, -0.2) is 0 Å². The van der Waals surface area contributed by atoms with Gasteiger partial charge in [0.25, 0.3) is 0 Å². The second-order valence-corrected chi connectivity index (χ2v) is 10.1. The van der Waals surface area contributed by atoms with Crippen LogP contribution in [0.15, 0.2) is 48.5 Å². The van der Waals surface area contributed by atoms with Crippen LogP contribution in [0.4, 0.5) is 11.4 Å². The largest absolute Gasteiger partial charge is 0.378 e. The molecular weight excluding hydrogens is 424 g/mol. The van der Waals surface area contributed by atoms with Gasteiger partial charge in [0.05, 0.1) is 12.6 Å². The number of hydrogen-bond acceptors (Lipinski definition) is 4. The number of nitrogens with two attached hydrogens (primary N) is 1. The number of primary amides is 1. The van der Waals surface area contributed by atoms with E-state index in [9.17, 15) is 9.59 Å². The lowest BCUT2D eigenvalue weighted by atomic mass is 9.79. The van der Waals surface area contributed by atoms with Gasteiger partial charge in [0, 0.05) is 31.4 Å². The van der Waals surface area contributed by atoms with Gasteiger partial charge in [-0.15, -0.1) is 0 Å². The van der Waals surface area contributed by atoms with Crippen molar-refractivity contribution in [2.75, 3.05) is 30.4 Å². The molecule has 6 nitrogen and oxygen atoms in total. The van der Waals surface area contributed by atoms with Gasteiger partial charge in [-0.1, -0.05) is 43.2 Å². The van der Waals surface area contributed by atoms with Gasteiger partial charge in [-0.3, -0.25) is 9.59 Å². The Kier molecular flexibility index (Phi) is 7.88. The number of para-hydroxylation sites is 1. The number of nitrogens with one attached hydrogen (secondary N) is 1. The molecule has 34 heavy (non-hydrogen) atoms. The molecule has 1 fully saturated rings. The standard InChI is InChI=1S/C28H38N4O2/c1-31(2)24-13-10-21(11-14-24)19-32-26-9-4-3-7-22(26)12-15-25(28(32)34)30-17-16-20-6-5-8-23(18-20)27(29)33/h3-4,7,9-11,13-14,20,23,25,30H,5-6,8,12,15-19H2,1-2H3,(H2,29,33)/t20-,23+,25?/m1/s1. The van der Waals surface area contributed by atoms with Crippen LogP contribution >= 0.6 is 0 Å². The third-order valence-electron chi connectivity index (χ3n) is 7.47. The fraction of sp³-hybridized carbons (Fsp3) is 0.500. The minimum atomic E-state index is -0.205. The van der Waals surface area contributed by atoms with E-state index in [1.165, 1.54) is 5.56 Å². The van der Waals surface area contributed by atoms with Crippen molar-refractivity contribution in [3.63, 3.8) is 0 Å². The zero-order valence-corrected chi connectivity index (χ0v) is 20.5. The first-order chi connectivity index (χ1) is 16.4. The van der Waals surface area contributed by atoms with Crippen molar-refractivity contribution in [3.05, 3.63) is 59.7 Å². The molecule has 1 aliphatic heterocycles. The third kappa shape index (κ3) is 5.79. The Labute approximate surface area is 203 Å². The number of nitrogens with zero attached hydrogens (tertiary/aromatic N) is 2. The van der Waals surface area contributed by atoms with E-state index in [0.717, 1.165) is 68.4 Å². The van der Waals surface area contributed by atoms with E-state index >= 15 is 0 Å². The number of aryl methyl sites for hydroxylation is 1. The quantitative estimate of drug-likeness (QED) is 0.624. The Morgan fingerprint density at radius 3 is 2.59 bits per heavy atom. The van der Waals surface area contributed by atoms with Gasteiger partial charge < -0.3 is 20.9 Å². The van der Waals surface area contributed by atoms with Crippen LogP contribution < -0.4 is 20.9 Å². The van der Waals surface area contributed by atoms with Crippen LogP contribution in [0.25, 0.3) is 0 Å². The zero-order valence-electron chi connectivity index (χ0n) is 20.5. The van der Waals surface area contributed by atoms with Gasteiger partial charge in [-0.2, -0.15) is 0 Å². The molecule has 182 valence electrons. The number of anilines is 2. The number of hydrogen-bond donors (Lipinski definition) is 2. The molecule has 2 amide bonds. The summed E-state index contributed by atoms with van der Waals surface area (Å²) in [4.78, 5) is 29.3. The van der Waals surface area contributed by atoms with Gasteiger partial charge >= 0.3 is 0 Å². The summed E-state index contributed by atoms with van der Waals surface area (Å²) in [6.45, 7) is 1.35. The van der Waals surface area contributed by atoms with E-state index in [4.69, 9.17) is 5.73 Å². The van der Waals surface area contributed by atoms with E-state index in [0.29, 0.717) is 12.5 Å². The minimum absolute atomic E-state index is 0.0159. The molecule has 4 rings (SSSR count). The highest BCUT2D eigenvalue weighted by Crippen LogP contribution is 2.32. The van der Waals surface area contributed by atoms with Gasteiger partial charge in [0.2, 0.25) is 11.8 Å². The summed E-state index contributed by atoms with van der Waals surface area (Å²) in [7, 11) is 4.06. The predicted molar refractivity (Wildman–Crippen MR) is 138 cm³/mol. The molecule has 2 aromatic rings. The Morgan fingerprint density at radius 1 is 1.09 bits per heavy atom. The van der Waals surface area contributed by atoms with Crippen molar-refractivity contribution >= 4 is 23.2 Å². The van der Waals surface area contributed by atoms with E-state index in [1.54, 1.807) is 0 Å². The second-order valence-electron chi connectivity index (χ2n) is 10.1. The van der Waals surface area contributed by atoms with Gasteiger partial charge in [0.1, 0.15) is 0 Å². The lowest BCUT2D eigenvalue weighted by molar-refractivity contribution is -0.123. The molecule has 0 spiro atoms. The lowest BCUT2D eigenvalue weighted by Crippen LogP contribution is -2.46. The molecular formula is C28H38N4O2. The topological polar surface area (TPSA) is 78.7 Å². The molecule has 3 atom stereocenters. The van der Waals surface area contributed by atoms with E-state index in [-0.39, 0.29) is 23.8 Å². The maximum absolute atomic E-state index is 13.7. The highest BCUT2D eigenvalue weighted by atomic mass is 16.2. The third-order valence-corrected chi connectivity index (χ3v) is 7.47. The number of carbonyl (C=O) groups is 2. The van der Waals surface area contributed by atoms with Crippen LogP contribution in [0.2, 0.25) is 0 Å². The number of carbonyl (C=O) groups excluding carboxylic acids is 2. The van der Waals surface area contributed by atoms with E-state index in [1.807, 2.05) is 25.1 Å². The second kappa shape index (κ2) is 11.0. The van der Waals surface area contributed by atoms with Crippen LogP contribution in [-0.4, -0.2) is 38.5 Å². The Balaban J connectivity index is 1.43. The van der Waals surface area contributed by atoms with Crippen LogP contribution in [0, 0.1) is 11.8 Å². The van der Waals surface area contributed by atoms with Crippen LogP contribution in [0.3, 0.4) is 0 Å². The fourth-order valence-electron chi connectivity index (χ4n) is 5.42. The summed E-state index contributed by atoms with van der Waals surface area (Å²) < 4.78 is 0. The summed E-state index contributed by atoms with van der Waals surface area (Å²) in [5.41, 5.74) is 10.1. The predicted octanol–water partition coefficient (Wildman–Crippen LogP) is 3.87. The number of fused-ring (bicyclic) bond motifs is 1. The molecule has 1 saturated carbocycles. The van der Waals surface area contributed by atoms with Crippen molar-refractivity contribution in [1.82, 2.24) is 5.32 Å². The maximum Gasteiger partial charge on any atom is 0.244 e. The smallest absolute Gasteiger partial charge is 0.244 e. The number of benzene rings is 2. The Bertz CT molecular complexity index is 988. The molecule has 6 heteroatoms. The summed E-state index contributed by atoms with van der Waals surface area (Å²) in [6.07, 6.45) is 6.66. The number of amides is 2. The van der Waals surface area contributed by atoms with Crippen molar-refractivity contribution in [1.29, 1.82) is 0 Å². The average molecular weight is 463 g/mol. The van der Waals surface area contributed by atoms with Crippen LogP contribution in [0.1, 0.15) is 49.7 Å². The average Bonchev–Trinajstić information content (AvgIpc) is 2.97.